The molecule has 2 heterocycles. The van der Waals surface area contributed by atoms with Crippen molar-refractivity contribution >= 4 is 11.8 Å². The van der Waals surface area contributed by atoms with Gasteiger partial charge in [-0.3, -0.25) is 14.6 Å². The highest BCUT2D eigenvalue weighted by atomic mass is 19.1. The smallest absolute Gasteiger partial charge is 0.254 e. The van der Waals surface area contributed by atoms with E-state index < -0.39 is 11.4 Å². The van der Waals surface area contributed by atoms with Crippen LogP contribution in [0.4, 0.5) is 4.39 Å². The fourth-order valence-electron chi connectivity index (χ4n) is 4.58. The highest BCUT2D eigenvalue weighted by Gasteiger charge is 2.49. The van der Waals surface area contributed by atoms with Gasteiger partial charge in [-0.15, -0.1) is 0 Å². The largest absolute Gasteiger partial charge is 0.354 e. The number of rotatable bonds is 6. The molecule has 3 aromatic rings. The van der Waals surface area contributed by atoms with Crippen LogP contribution in [0.5, 0.6) is 0 Å². The zero-order valence-corrected chi connectivity index (χ0v) is 18.1. The Morgan fingerprint density at radius 3 is 2.62 bits per heavy atom. The first kappa shape index (κ1) is 21.7. The molecule has 0 bridgehead atoms. The number of aromatic nitrogens is 1. The first-order valence-corrected chi connectivity index (χ1v) is 10.9. The summed E-state index contributed by atoms with van der Waals surface area (Å²) in [5.74, 6) is -0.969. The average molecular weight is 432 g/mol. The lowest BCUT2D eigenvalue weighted by Crippen LogP contribution is -2.58. The van der Waals surface area contributed by atoms with Gasteiger partial charge in [0.1, 0.15) is 11.4 Å². The summed E-state index contributed by atoms with van der Waals surface area (Å²) in [6, 6.07) is 17.4. The molecule has 0 saturated carbocycles. The Hall–Kier alpha value is -3.54. The summed E-state index contributed by atoms with van der Waals surface area (Å²) in [7, 11) is 0. The highest BCUT2D eigenvalue weighted by Crippen LogP contribution is 2.37. The summed E-state index contributed by atoms with van der Waals surface area (Å²) < 4.78 is 13.8. The monoisotopic (exact) mass is 431 g/mol. The van der Waals surface area contributed by atoms with Crippen molar-refractivity contribution in [2.45, 2.75) is 31.7 Å². The van der Waals surface area contributed by atoms with E-state index >= 15 is 0 Å². The van der Waals surface area contributed by atoms with Crippen LogP contribution in [-0.4, -0.2) is 40.3 Å². The van der Waals surface area contributed by atoms with Crippen LogP contribution in [0.1, 0.15) is 35.7 Å². The third-order valence-electron chi connectivity index (χ3n) is 6.06. The lowest BCUT2D eigenvalue weighted by molar-refractivity contribution is -0.130. The maximum atomic E-state index is 13.8. The number of carbonyl (C=O) groups excluding carboxylic acids is 2. The van der Waals surface area contributed by atoms with E-state index in [1.165, 1.54) is 18.2 Å². The highest BCUT2D eigenvalue weighted by molar-refractivity contribution is 6.00. The van der Waals surface area contributed by atoms with Gasteiger partial charge in [0, 0.05) is 37.5 Å². The second-order valence-corrected chi connectivity index (χ2v) is 8.03. The van der Waals surface area contributed by atoms with Crippen molar-refractivity contribution in [1.82, 2.24) is 15.2 Å². The number of nitrogens with one attached hydrogen (secondary N) is 1. The number of nitrogens with zero attached hydrogens (tertiary/aromatic N) is 2. The van der Waals surface area contributed by atoms with Crippen molar-refractivity contribution in [3.05, 3.63) is 90.0 Å². The lowest BCUT2D eigenvalue weighted by Gasteiger charge is -2.38. The molecule has 0 radical (unpaired) electrons. The molecule has 2 aromatic carbocycles. The van der Waals surface area contributed by atoms with Gasteiger partial charge in [0.2, 0.25) is 5.91 Å². The summed E-state index contributed by atoms with van der Waals surface area (Å²) in [4.78, 5) is 32.6. The van der Waals surface area contributed by atoms with Crippen molar-refractivity contribution in [3.8, 4) is 11.1 Å². The van der Waals surface area contributed by atoms with Gasteiger partial charge in [0.25, 0.3) is 5.91 Å². The minimum Gasteiger partial charge on any atom is -0.354 e. The van der Waals surface area contributed by atoms with E-state index in [9.17, 15) is 14.0 Å². The van der Waals surface area contributed by atoms with E-state index in [2.05, 4.69) is 10.3 Å². The molecule has 1 aliphatic rings. The maximum absolute atomic E-state index is 13.8. The molecular formula is C26H26FN3O2. The summed E-state index contributed by atoms with van der Waals surface area (Å²) in [5.41, 5.74) is 2.20. The fourth-order valence-corrected chi connectivity index (χ4v) is 4.58. The zero-order valence-electron chi connectivity index (χ0n) is 18.1. The second kappa shape index (κ2) is 9.30. The molecule has 1 atom stereocenters. The molecular weight excluding hydrogens is 405 g/mol. The number of amides is 2. The van der Waals surface area contributed by atoms with Crippen LogP contribution in [0.15, 0.2) is 73.1 Å². The van der Waals surface area contributed by atoms with Crippen LogP contribution >= 0.6 is 0 Å². The topological polar surface area (TPSA) is 62.3 Å². The molecule has 2 amide bonds. The van der Waals surface area contributed by atoms with Crippen LogP contribution in [-0.2, 0) is 11.2 Å². The molecule has 1 aromatic heterocycles. The average Bonchev–Trinajstić information content (AvgIpc) is 3.24. The predicted molar refractivity (Wildman–Crippen MR) is 121 cm³/mol. The quantitative estimate of drug-likeness (QED) is 0.635. The van der Waals surface area contributed by atoms with Crippen LogP contribution in [0.3, 0.4) is 0 Å². The lowest BCUT2D eigenvalue weighted by atomic mass is 9.84. The van der Waals surface area contributed by atoms with Crippen molar-refractivity contribution in [2.75, 3.05) is 13.1 Å². The molecule has 1 saturated heterocycles. The van der Waals surface area contributed by atoms with Crippen molar-refractivity contribution < 1.29 is 14.0 Å². The predicted octanol–water partition coefficient (Wildman–Crippen LogP) is 4.24. The second-order valence-electron chi connectivity index (χ2n) is 8.03. The van der Waals surface area contributed by atoms with Gasteiger partial charge < -0.3 is 10.2 Å². The van der Waals surface area contributed by atoms with Gasteiger partial charge in [-0.05, 0) is 66.8 Å². The third kappa shape index (κ3) is 4.13. The number of benzene rings is 2. The number of likely N-dealkylation sites (N-methyl/N-ethyl adjacent to an activating group) is 1. The van der Waals surface area contributed by atoms with Crippen LogP contribution in [0, 0.1) is 5.82 Å². The summed E-state index contributed by atoms with van der Waals surface area (Å²) >= 11 is 0. The van der Waals surface area contributed by atoms with E-state index in [4.69, 9.17) is 0 Å². The van der Waals surface area contributed by atoms with Gasteiger partial charge in [-0.2, -0.15) is 0 Å². The van der Waals surface area contributed by atoms with Crippen LogP contribution < -0.4 is 5.32 Å². The first-order chi connectivity index (χ1) is 15.5. The van der Waals surface area contributed by atoms with Crippen molar-refractivity contribution in [2.24, 2.45) is 0 Å². The Kier molecular flexibility index (Phi) is 6.30. The minimum atomic E-state index is -1.04. The first-order valence-electron chi connectivity index (χ1n) is 10.9. The Bertz CT molecular complexity index is 1120. The molecule has 1 fully saturated rings. The normalized spacial score (nSPS) is 17.9. The number of likely N-dealkylation sites (tertiary alicyclic amines) is 1. The minimum absolute atomic E-state index is 0.174. The molecule has 5 nitrogen and oxygen atoms in total. The Balaban J connectivity index is 1.77. The molecule has 1 aliphatic heterocycles. The van der Waals surface area contributed by atoms with Crippen molar-refractivity contribution in [3.63, 3.8) is 0 Å². The van der Waals surface area contributed by atoms with Crippen molar-refractivity contribution in [1.29, 1.82) is 0 Å². The van der Waals surface area contributed by atoms with E-state index in [1.807, 2.05) is 43.3 Å². The number of hydrogen-bond acceptors (Lipinski definition) is 3. The van der Waals surface area contributed by atoms with Gasteiger partial charge in [0.05, 0.1) is 0 Å². The zero-order chi connectivity index (χ0) is 22.6. The summed E-state index contributed by atoms with van der Waals surface area (Å²) in [6.07, 6.45) is 5.10. The molecule has 1 unspecified atom stereocenters. The van der Waals surface area contributed by atoms with E-state index in [-0.39, 0.29) is 17.4 Å². The van der Waals surface area contributed by atoms with E-state index in [0.29, 0.717) is 32.4 Å². The molecule has 4 rings (SSSR count). The van der Waals surface area contributed by atoms with E-state index in [1.54, 1.807) is 23.4 Å². The SMILES string of the molecule is CCNC(=O)C1(Cc2ccccc2-c2ccncc2)CCCN1C(=O)c1cccc(F)c1. The number of hydrogen-bond donors (Lipinski definition) is 1. The van der Waals surface area contributed by atoms with Crippen LogP contribution in [0.2, 0.25) is 0 Å². The molecule has 0 spiro atoms. The molecule has 6 heteroatoms. The third-order valence-corrected chi connectivity index (χ3v) is 6.06. The fraction of sp³-hybridized carbons (Fsp3) is 0.269. The molecule has 1 N–H and O–H groups in total. The van der Waals surface area contributed by atoms with Gasteiger partial charge in [-0.1, -0.05) is 30.3 Å². The summed E-state index contributed by atoms with van der Waals surface area (Å²) in [6.45, 7) is 2.78. The van der Waals surface area contributed by atoms with E-state index in [0.717, 1.165) is 16.7 Å². The Morgan fingerprint density at radius 2 is 1.88 bits per heavy atom. The number of carbonyl (C=O) groups is 2. The number of halogens is 1. The van der Waals surface area contributed by atoms with Gasteiger partial charge >= 0.3 is 0 Å². The summed E-state index contributed by atoms with van der Waals surface area (Å²) in [5, 5.41) is 2.94. The molecule has 0 aliphatic carbocycles. The Labute approximate surface area is 187 Å². The van der Waals surface area contributed by atoms with Crippen LogP contribution in [0.25, 0.3) is 11.1 Å². The van der Waals surface area contributed by atoms with Gasteiger partial charge in [0.15, 0.2) is 0 Å². The molecule has 164 valence electrons. The standard InChI is InChI=1S/C26H26FN3O2/c1-2-29-25(32)26(13-6-16-30(26)24(31)20-8-5-9-22(27)17-20)18-21-7-3-4-10-23(21)19-11-14-28-15-12-19/h3-5,7-12,14-15,17H,2,6,13,16,18H2,1H3,(H,29,32). The van der Waals surface area contributed by atoms with Gasteiger partial charge in [-0.25, -0.2) is 4.39 Å². The number of pyridine rings is 1. The maximum Gasteiger partial charge on any atom is 0.254 e. The molecule has 32 heavy (non-hydrogen) atoms. The Morgan fingerprint density at radius 1 is 1.09 bits per heavy atom.